The van der Waals surface area contributed by atoms with Crippen LogP contribution in [0.2, 0.25) is 0 Å². The number of nitrogens with one attached hydrogen (secondary N) is 1. The van der Waals surface area contributed by atoms with Crippen LogP contribution in [0.15, 0.2) is 60.8 Å². The Morgan fingerprint density at radius 3 is 2.71 bits per heavy atom. The van der Waals surface area contributed by atoms with E-state index in [0.717, 1.165) is 53.5 Å². The normalized spacial score (nSPS) is 13.0. The van der Waals surface area contributed by atoms with Crippen LogP contribution in [-0.2, 0) is 6.42 Å². The summed E-state index contributed by atoms with van der Waals surface area (Å²) in [4.78, 5) is 19.6. The van der Waals surface area contributed by atoms with E-state index in [1.165, 1.54) is 0 Å². The summed E-state index contributed by atoms with van der Waals surface area (Å²) in [6, 6.07) is 17.6. The summed E-state index contributed by atoms with van der Waals surface area (Å²) in [5.41, 5.74) is 5.34. The number of hydrogen-bond donors (Lipinski definition) is 1. The van der Waals surface area contributed by atoms with Crippen molar-refractivity contribution >= 4 is 23.0 Å². The van der Waals surface area contributed by atoms with E-state index >= 15 is 0 Å². The highest BCUT2D eigenvalue weighted by Gasteiger charge is 2.23. The van der Waals surface area contributed by atoms with Gasteiger partial charge < -0.3 is 15.0 Å². The molecule has 0 saturated carbocycles. The number of carbonyl (C=O) groups excluding carboxylic acids is 1. The Labute approximate surface area is 165 Å². The van der Waals surface area contributed by atoms with E-state index in [0.29, 0.717) is 5.56 Å². The number of pyridine rings is 1. The van der Waals surface area contributed by atoms with E-state index in [1.807, 2.05) is 61.5 Å². The number of methoxy groups -OCH3 is 1. The fraction of sp³-hybridized carbons (Fsp3) is 0.217. The lowest BCUT2D eigenvalue weighted by atomic mass is 10.0. The van der Waals surface area contributed by atoms with Crippen molar-refractivity contribution in [3.63, 3.8) is 0 Å². The molecule has 0 bridgehead atoms. The summed E-state index contributed by atoms with van der Waals surface area (Å²) in [7, 11) is 1.67. The maximum atomic E-state index is 12.8. The van der Waals surface area contributed by atoms with Crippen molar-refractivity contribution in [1.82, 2.24) is 4.98 Å². The van der Waals surface area contributed by atoms with E-state index in [4.69, 9.17) is 4.74 Å². The van der Waals surface area contributed by atoms with Crippen molar-refractivity contribution in [3.05, 3.63) is 77.6 Å². The molecule has 28 heavy (non-hydrogen) atoms. The van der Waals surface area contributed by atoms with Crippen LogP contribution in [0.4, 0.5) is 17.1 Å². The van der Waals surface area contributed by atoms with Crippen molar-refractivity contribution in [1.29, 1.82) is 0 Å². The van der Waals surface area contributed by atoms with Crippen LogP contribution in [0.3, 0.4) is 0 Å². The molecule has 1 amide bonds. The molecule has 0 aliphatic carbocycles. The van der Waals surface area contributed by atoms with Crippen LogP contribution in [0, 0.1) is 6.92 Å². The van der Waals surface area contributed by atoms with Gasteiger partial charge in [0, 0.05) is 18.4 Å². The third-order valence-corrected chi connectivity index (χ3v) is 5.06. The minimum absolute atomic E-state index is 0.157. The summed E-state index contributed by atoms with van der Waals surface area (Å²) in [6.45, 7) is 2.84. The number of aromatic nitrogens is 1. The highest BCUT2D eigenvalue weighted by atomic mass is 16.5. The van der Waals surface area contributed by atoms with Crippen LogP contribution in [0.1, 0.15) is 28.0 Å². The topological polar surface area (TPSA) is 54.5 Å². The molecule has 1 aliphatic rings. The first-order valence-electron chi connectivity index (χ1n) is 9.44. The molecule has 0 saturated heterocycles. The second-order valence-corrected chi connectivity index (χ2v) is 6.89. The van der Waals surface area contributed by atoms with Gasteiger partial charge in [-0.05, 0) is 49.6 Å². The summed E-state index contributed by atoms with van der Waals surface area (Å²) < 4.78 is 5.54. The van der Waals surface area contributed by atoms with Crippen molar-refractivity contribution in [2.45, 2.75) is 19.8 Å². The second kappa shape index (κ2) is 7.72. The zero-order valence-electron chi connectivity index (χ0n) is 16.1. The minimum atomic E-state index is -0.157. The van der Waals surface area contributed by atoms with Gasteiger partial charge >= 0.3 is 0 Å². The van der Waals surface area contributed by atoms with Crippen LogP contribution in [0.5, 0.6) is 5.75 Å². The lowest BCUT2D eigenvalue weighted by Crippen LogP contribution is -2.26. The molecule has 0 radical (unpaired) electrons. The SMILES string of the molecule is COc1ccccc1N1CCCc2ncc(C(=O)Nc3ccccc3C)cc21. The maximum Gasteiger partial charge on any atom is 0.257 e. The Balaban J connectivity index is 1.68. The average molecular weight is 373 g/mol. The van der Waals surface area contributed by atoms with E-state index in [1.54, 1.807) is 13.3 Å². The Kier molecular flexibility index (Phi) is 4.98. The molecule has 1 aromatic heterocycles. The monoisotopic (exact) mass is 373 g/mol. The quantitative estimate of drug-likeness (QED) is 0.718. The van der Waals surface area contributed by atoms with E-state index in [-0.39, 0.29) is 5.91 Å². The summed E-state index contributed by atoms with van der Waals surface area (Å²) in [5, 5.41) is 2.99. The molecule has 0 spiro atoms. The van der Waals surface area contributed by atoms with E-state index in [9.17, 15) is 4.79 Å². The lowest BCUT2D eigenvalue weighted by molar-refractivity contribution is 0.102. The van der Waals surface area contributed by atoms with E-state index in [2.05, 4.69) is 15.2 Å². The second-order valence-electron chi connectivity index (χ2n) is 6.89. The van der Waals surface area contributed by atoms with Crippen LogP contribution >= 0.6 is 0 Å². The molecule has 4 rings (SSSR count). The zero-order valence-corrected chi connectivity index (χ0v) is 16.1. The molecular weight excluding hydrogens is 350 g/mol. The third-order valence-electron chi connectivity index (χ3n) is 5.06. The Hall–Kier alpha value is -3.34. The number of carbonyl (C=O) groups is 1. The molecule has 5 heteroatoms. The van der Waals surface area contributed by atoms with Gasteiger partial charge in [0.15, 0.2) is 0 Å². The van der Waals surface area contributed by atoms with Crippen molar-refractivity contribution < 1.29 is 9.53 Å². The van der Waals surface area contributed by atoms with Gasteiger partial charge in [0.05, 0.1) is 29.7 Å². The van der Waals surface area contributed by atoms with Crippen molar-refractivity contribution in [3.8, 4) is 5.75 Å². The largest absolute Gasteiger partial charge is 0.495 e. The Bertz CT molecular complexity index is 1020. The van der Waals surface area contributed by atoms with Gasteiger partial charge in [-0.2, -0.15) is 0 Å². The molecule has 142 valence electrons. The highest BCUT2D eigenvalue weighted by Crippen LogP contribution is 2.38. The predicted molar refractivity (Wildman–Crippen MR) is 112 cm³/mol. The smallest absolute Gasteiger partial charge is 0.257 e. The molecule has 1 aliphatic heterocycles. The Morgan fingerprint density at radius 1 is 1.11 bits per heavy atom. The number of benzene rings is 2. The fourth-order valence-corrected chi connectivity index (χ4v) is 3.57. The molecule has 0 unspecified atom stereocenters. The Morgan fingerprint density at radius 2 is 1.89 bits per heavy atom. The average Bonchev–Trinajstić information content (AvgIpc) is 2.74. The van der Waals surface area contributed by atoms with Gasteiger partial charge in [-0.3, -0.25) is 9.78 Å². The van der Waals surface area contributed by atoms with Gasteiger partial charge in [-0.15, -0.1) is 0 Å². The van der Waals surface area contributed by atoms with Crippen molar-refractivity contribution in [2.75, 3.05) is 23.9 Å². The number of para-hydroxylation sites is 3. The summed E-state index contributed by atoms with van der Waals surface area (Å²) in [5.74, 6) is 0.653. The first kappa shape index (κ1) is 18.0. The van der Waals surface area contributed by atoms with Crippen LogP contribution in [0.25, 0.3) is 0 Å². The number of aryl methyl sites for hydroxylation is 2. The van der Waals surface area contributed by atoms with Gasteiger partial charge in [-0.25, -0.2) is 0 Å². The third kappa shape index (κ3) is 3.43. The zero-order chi connectivity index (χ0) is 19.5. The molecule has 3 aromatic rings. The van der Waals surface area contributed by atoms with E-state index < -0.39 is 0 Å². The van der Waals surface area contributed by atoms with Crippen LogP contribution in [-0.4, -0.2) is 24.5 Å². The van der Waals surface area contributed by atoms with Gasteiger partial charge in [0.2, 0.25) is 0 Å². The summed E-state index contributed by atoms with van der Waals surface area (Å²) in [6.07, 6.45) is 3.58. The number of rotatable bonds is 4. The number of nitrogens with zero attached hydrogens (tertiary/aromatic N) is 2. The van der Waals surface area contributed by atoms with Crippen LogP contribution < -0.4 is 15.0 Å². The molecule has 5 nitrogen and oxygen atoms in total. The number of hydrogen-bond acceptors (Lipinski definition) is 4. The molecular formula is C23H23N3O2. The molecule has 1 N–H and O–H groups in total. The predicted octanol–water partition coefficient (Wildman–Crippen LogP) is 4.74. The molecule has 2 aromatic carbocycles. The number of ether oxygens (including phenoxy) is 1. The molecule has 2 heterocycles. The van der Waals surface area contributed by atoms with Gasteiger partial charge in [0.25, 0.3) is 5.91 Å². The van der Waals surface area contributed by atoms with Crippen molar-refractivity contribution in [2.24, 2.45) is 0 Å². The molecule has 0 fully saturated rings. The number of fused-ring (bicyclic) bond motifs is 1. The lowest BCUT2D eigenvalue weighted by Gasteiger charge is -2.32. The van der Waals surface area contributed by atoms with Gasteiger partial charge in [0.1, 0.15) is 5.75 Å². The maximum absolute atomic E-state index is 12.8. The fourth-order valence-electron chi connectivity index (χ4n) is 3.57. The molecule has 0 atom stereocenters. The van der Waals surface area contributed by atoms with Gasteiger partial charge in [-0.1, -0.05) is 30.3 Å². The standard InChI is InChI=1S/C23H23N3O2/c1-16-8-3-4-9-18(16)25-23(27)17-14-21-19(24-15-17)10-7-13-26(21)20-11-5-6-12-22(20)28-2/h3-6,8-9,11-12,14-15H,7,10,13H2,1-2H3,(H,25,27). The number of anilines is 3. The first-order valence-corrected chi connectivity index (χ1v) is 9.44. The summed E-state index contributed by atoms with van der Waals surface area (Å²) >= 11 is 0. The first-order chi connectivity index (χ1) is 13.7. The highest BCUT2D eigenvalue weighted by molar-refractivity contribution is 6.05. The number of amides is 1. The minimum Gasteiger partial charge on any atom is -0.495 e.